The Hall–Kier alpha value is -14.1. The summed E-state index contributed by atoms with van der Waals surface area (Å²) < 4.78 is 13.9. The summed E-state index contributed by atoms with van der Waals surface area (Å²) in [4.78, 5) is 0. The van der Waals surface area contributed by atoms with Crippen molar-refractivity contribution in [3.63, 3.8) is 0 Å². The number of fused-ring (bicyclic) bond motifs is 22. The standard InChI is InChI=1S/C100H56N6S2/c101-57-81-94(104-85-47-17-11-37-71(85)72-38-12-18-48-86(72)104)96(106-88-50-24-44-76(68-34-8-6-32-66(68)64-42-22-28-60-26-2-4-30-62(60)64)92(88)80-56-54-78-74-40-14-20-52-90(74)108-100(78)98(80)106)82(58-102)93(103-83-45-15-9-35-69(83)70-36-10-16-46-84(70)103)95(81)105-87-49-23-43-75(67-33-7-5-31-65(67)63-41-21-27-59-25-1-3-29-61(59)63)91(87)79-55-53-77-73-39-13-19-51-89(73)107-99(77)97(79)105/h1-56H. The van der Waals surface area contributed by atoms with Crippen molar-refractivity contribution >= 4 is 172 Å². The van der Waals surface area contributed by atoms with E-state index in [-0.39, 0.29) is 0 Å². The van der Waals surface area contributed by atoms with Crippen molar-refractivity contribution < 1.29 is 0 Å². The Morgan fingerprint density at radius 3 is 0.861 bits per heavy atom. The van der Waals surface area contributed by atoms with Crippen molar-refractivity contribution in [2.75, 3.05) is 0 Å². The molecule has 6 nitrogen and oxygen atoms in total. The first-order valence-electron chi connectivity index (χ1n) is 36.5. The van der Waals surface area contributed by atoms with E-state index in [1.54, 1.807) is 22.7 Å². The number of benzene rings is 17. The van der Waals surface area contributed by atoms with E-state index in [4.69, 9.17) is 0 Å². The molecular weight excluding hydrogens is 1350 g/mol. The molecule has 0 spiro atoms. The first-order chi connectivity index (χ1) is 53.6. The molecule has 23 aromatic rings. The van der Waals surface area contributed by atoms with Crippen LogP contribution in [-0.4, -0.2) is 18.3 Å². The van der Waals surface area contributed by atoms with E-state index in [0.29, 0.717) is 33.9 Å². The predicted octanol–water partition coefficient (Wildman–Crippen LogP) is 27.5. The van der Waals surface area contributed by atoms with Gasteiger partial charge in [-0.2, -0.15) is 10.5 Å². The van der Waals surface area contributed by atoms with Crippen LogP contribution < -0.4 is 0 Å². The summed E-state index contributed by atoms with van der Waals surface area (Å²) in [6, 6.07) is 129. The van der Waals surface area contributed by atoms with Crippen molar-refractivity contribution in [2.45, 2.75) is 0 Å². The molecule has 0 atom stereocenters. The molecule has 23 rings (SSSR count). The summed E-state index contributed by atoms with van der Waals surface area (Å²) in [6.07, 6.45) is 0. The Labute approximate surface area is 626 Å². The monoisotopic (exact) mass is 1400 g/mol. The molecule has 0 saturated carbocycles. The number of nitriles is 2. The zero-order chi connectivity index (χ0) is 71.0. The van der Waals surface area contributed by atoms with Crippen molar-refractivity contribution in [3.05, 3.63) is 351 Å². The SMILES string of the molecule is N#Cc1c(-n2c3ccccc3c3ccccc32)c(-n2c3cccc(-c4ccccc4-c4cccc5ccccc45)c3c3ccc4c5ccccc5sc4c32)c(C#N)c(-n2c3ccccc3c3ccccc32)c1-n1c2cccc(-c3ccccc3-c3cccc4ccccc34)c2c2ccc3c4ccccc4sc3c21. The third-order valence-electron chi connectivity index (χ3n) is 22.9. The maximum Gasteiger partial charge on any atom is 0.104 e. The zero-order valence-electron chi connectivity index (χ0n) is 57.8. The number of nitrogens with zero attached hydrogens (tertiary/aromatic N) is 6. The number of hydrogen-bond donors (Lipinski definition) is 0. The highest BCUT2D eigenvalue weighted by Gasteiger charge is 2.37. The van der Waals surface area contributed by atoms with Crippen LogP contribution in [0, 0.1) is 22.7 Å². The molecule has 0 unspecified atom stereocenters. The maximum atomic E-state index is 13.8. The zero-order valence-corrected chi connectivity index (χ0v) is 59.5. The molecule has 0 N–H and O–H groups in total. The van der Waals surface area contributed by atoms with E-state index in [1.165, 1.54) is 21.5 Å². The van der Waals surface area contributed by atoms with Crippen LogP contribution in [0.5, 0.6) is 0 Å². The molecule has 0 amide bonds. The predicted molar refractivity (Wildman–Crippen MR) is 456 cm³/mol. The minimum atomic E-state index is 0.391. The third kappa shape index (κ3) is 8.33. The lowest BCUT2D eigenvalue weighted by atomic mass is 9.89. The summed E-state index contributed by atoms with van der Waals surface area (Å²) in [5.74, 6) is 0. The van der Waals surface area contributed by atoms with Crippen LogP contribution in [0.3, 0.4) is 0 Å². The average Bonchev–Trinajstić information content (AvgIpc) is 1.46. The minimum Gasteiger partial charge on any atom is -0.306 e. The fourth-order valence-corrected chi connectivity index (χ4v) is 21.0. The van der Waals surface area contributed by atoms with E-state index in [9.17, 15) is 10.5 Å². The van der Waals surface area contributed by atoms with Crippen LogP contribution in [0.25, 0.3) is 216 Å². The van der Waals surface area contributed by atoms with Crippen LogP contribution in [-0.2, 0) is 0 Å². The van der Waals surface area contributed by atoms with Crippen LogP contribution >= 0.6 is 22.7 Å². The summed E-state index contributed by atoms with van der Waals surface area (Å²) in [5, 5.41) is 44.9. The normalized spacial score (nSPS) is 12.1. The van der Waals surface area contributed by atoms with Crippen molar-refractivity contribution in [1.29, 1.82) is 10.5 Å². The summed E-state index contributed by atoms with van der Waals surface area (Å²) in [7, 11) is 0. The Bertz CT molecular complexity index is 7400. The quantitative estimate of drug-likeness (QED) is 0.152. The van der Waals surface area contributed by atoms with Crippen LogP contribution in [0.4, 0.5) is 0 Å². The van der Waals surface area contributed by atoms with Crippen molar-refractivity contribution in [3.8, 4) is 79.4 Å². The molecule has 0 saturated heterocycles. The molecule has 0 bridgehead atoms. The van der Waals surface area contributed by atoms with Gasteiger partial charge in [0.1, 0.15) is 23.3 Å². The van der Waals surface area contributed by atoms with Gasteiger partial charge in [-0.05, 0) is 115 Å². The lowest BCUT2D eigenvalue weighted by molar-refractivity contribution is 1.03. The van der Waals surface area contributed by atoms with Gasteiger partial charge in [0.2, 0.25) is 0 Å². The molecule has 17 aromatic carbocycles. The van der Waals surface area contributed by atoms with Crippen molar-refractivity contribution in [2.24, 2.45) is 0 Å². The maximum absolute atomic E-state index is 13.8. The Kier molecular flexibility index (Phi) is 13.0. The molecule has 0 fully saturated rings. The van der Waals surface area contributed by atoms with Gasteiger partial charge >= 0.3 is 0 Å². The van der Waals surface area contributed by atoms with Gasteiger partial charge in [0.05, 0.1) is 76.3 Å². The molecule has 498 valence electrons. The van der Waals surface area contributed by atoms with Gasteiger partial charge in [-0.25, -0.2) is 0 Å². The fraction of sp³-hybridized carbons (Fsp3) is 0. The molecule has 0 radical (unpaired) electrons. The highest BCUT2D eigenvalue weighted by atomic mass is 32.1. The molecule has 108 heavy (non-hydrogen) atoms. The average molecular weight is 1410 g/mol. The van der Waals surface area contributed by atoms with Gasteiger partial charge in [0.25, 0.3) is 0 Å². The Morgan fingerprint density at radius 2 is 0.472 bits per heavy atom. The number of hydrogen-bond acceptors (Lipinski definition) is 4. The van der Waals surface area contributed by atoms with E-state index >= 15 is 0 Å². The molecule has 0 aliphatic heterocycles. The van der Waals surface area contributed by atoms with E-state index in [2.05, 4.69) is 370 Å². The minimum absolute atomic E-state index is 0.391. The van der Waals surface area contributed by atoms with Gasteiger partial charge in [-0.3, -0.25) is 0 Å². The number of thiophene rings is 2. The summed E-state index contributed by atoms with van der Waals surface area (Å²) in [5.41, 5.74) is 19.1. The Morgan fingerprint density at radius 1 is 0.204 bits per heavy atom. The molecule has 6 heterocycles. The number of para-hydroxylation sites is 4. The second-order valence-electron chi connectivity index (χ2n) is 28.2. The summed E-state index contributed by atoms with van der Waals surface area (Å²) in [6.45, 7) is 0. The first-order valence-corrected chi connectivity index (χ1v) is 38.2. The molecule has 0 aliphatic carbocycles. The smallest absolute Gasteiger partial charge is 0.104 e. The molecule has 8 heteroatoms. The topological polar surface area (TPSA) is 67.3 Å². The number of aromatic nitrogens is 4. The largest absolute Gasteiger partial charge is 0.306 e. The van der Waals surface area contributed by atoms with E-state index in [1.807, 2.05) is 0 Å². The van der Waals surface area contributed by atoms with Crippen LogP contribution in [0.15, 0.2) is 340 Å². The van der Waals surface area contributed by atoms with Crippen molar-refractivity contribution in [1.82, 2.24) is 18.3 Å². The second-order valence-corrected chi connectivity index (χ2v) is 30.3. The van der Waals surface area contributed by atoms with E-state index in [0.717, 1.165) is 172 Å². The molecule has 6 aromatic heterocycles. The van der Waals surface area contributed by atoms with Gasteiger partial charge < -0.3 is 18.3 Å². The second kappa shape index (κ2) is 23.2. The van der Waals surface area contributed by atoms with Gasteiger partial charge in [0.15, 0.2) is 0 Å². The van der Waals surface area contributed by atoms with Crippen LogP contribution in [0.1, 0.15) is 11.1 Å². The molecule has 0 aliphatic rings. The van der Waals surface area contributed by atoms with Gasteiger partial charge in [-0.15, -0.1) is 22.7 Å². The van der Waals surface area contributed by atoms with Gasteiger partial charge in [-0.1, -0.05) is 291 Å². The first kappa shape index (κ1) is 60.3. The van der Waals surface area contributed by atoms with Crippen LogP contribution in [0.2, 0.25) is 0 Å². The highest BCUT2D eigenvalue weighted by molar-refractivity contribution is 7.27. The lowest BCUT2D eigenvalue weighted by Gasteiger charge is -2.27. The third-order valence-corrected chi connectivity index (χ3v) is 25.2. The van der Waals surface area contributed by atoms with E-state index < -0.39 is 0 Å². The number of rotatable bonds is 8. The lowest BCUT2D eigenvalue weighted by Crippen LogP contribution is -2.16. The fourth-order valence-electron chi connectivity index (χ4n) is 18.5. The molecular formula is C100H56N6S2. The Balaban J connectivity index is 0.970. The van der Waals surface area contributed by atoms with Gasteiger partial charge in [0, 0.05) is 74.0 Å². The highest BCUT2D eigenvalue weighted by Crippen LogP contribution is 2.55. The summed E-state index contributed by atoms with van der Waals surface area (Å²) >= 11 is 3.56.